The summed E-state index contributed by atoms with van der Waals surface area (Å²) >= 11 is 0. The highest BCUT2D eigenvalue weighted by Crippen LogP contribution is 2.31. The van der Waals surface area contributed by atoms with Crippen LogP contribution in [-0.4, -0.2) is 33.2 Å². The molecule has 0 spiro atoms. The second-order valence-corrected chi connectivity index (χ2v) is 6.30. The molecule has 16 heavy (non-hydrogen) atoms. The lowest BCUT2D eigenvalue weighted by molar-refractivity contribution is -0.128. The van der Waals surface area contributed by atoms with Gasteiger partial charge in [0, 0.05) is 6.54 Å². The third-order valence-electron chi connectivity index (χ3n) is 3.08. The molecule has 1 fully saturated rings. The van der Waals surface area contributed by atoms with E-state index in [1.807, 2.05) is 6.92 Å². The third-order valence-corrected chi connectivity index (χ3v) is 4.34. The second-order valence-electron chi connectivity index (χ2n) is 4.29. The molecule has 0 saturated carbocycles. The molecule has 1 aliphatic rings. The van der Waals surface area contributed by atoms with E-state index in [9.17, 15) is 13.2 Å². The second kappa shape index (κ2) is 5.14. The molecular weight excluding hydrogens is 228 g/mol. The van der Waals surface area contributed by atoms with E-state index in [1.165, 1.54) is 6.92 Å². The molecule has 0 aromatic carbocycles. The van der Waals surface area contributed by atoms with E-state index in [0.29, 0.717) is 13.0 Å². The molecule has 94 valence electrons. The van der Waals surface area contributed by atoms with Gasteiger partial charge in [-0.05, 0) is 26.3 Å². The molecule has 1 atom stereocenters. The summed E-state index contributed by atoms with van der Waals surface area (Å²) in [7, 11) is -3.44. The van der Waals surface area contributed by atoms with Crippen LogP contribution >= 0.6 is 0 Å². The number of hydrogen-bond acceptors (Lipinski definition) is 4. The zero-order valence-corrected chi connectivity index (χ0v) is 10.7. The number of hydrogen-bond donors (Lipinski definition) is 2. The largest absolute Gasteiger partial charge is 0.316 e. The van der Waals surface area contributed by atoms with Gasteiger partial charge in [0.05, 0.1) is 11.2 Å². The number of sulfonamides is 1. The number of rotatable bonds is 5. The number of nitrogens with one attached hydrogen (secondary N) is 2. The molecule has 0 aromatic rings. The highest BCUT2D eigenvalue weighted by molar-refractivity contribution is 7.90. The van der Waals surface area contributed by atoms with Crippen LogP contribution in [-0.2, 0) is 14.8 Å². The van der Waals surface area contributed by atoms with E-state index in [1.54, 1.807) is 0 Å². The van der Waals surface area contributed by atoms with Crippen LogP contribution in [0.15, 0.2) is 0 Å². The Morgan fingerprint density at radius 1 is 1.44 bits per heavy atom. The third kappa shape index (κ3) is 2.95. The van der Waals surface area contributed by atoms with Crippen LogP contribution in [0.3, 0.4) is 0 Å². The number of amides is 1. The molecule has 2 N–H and O–H groups in total. The Balaban J connectivity index is 2.76. The molecule has 5 nitrogen and oxygen atoms in total. The van der Waals surface area contributed by atoms with E-state index >= 15 is 0 Å². The van der Waals surface area contributed by atoms with Crippen molar-refractivity contribution < 1.29 is 13.2 Å². The first-order valence-electron chi connectivity index (χ1n) is 5.71. The Kier molecular flexibility index (Phi) is 4.32. The first kappa shape index (κ1) is 13.4. The van der Waals surface area contributed by atoms with Crippen molar-refractivity contribution in [3.63, 3.8) is 0 Å². The van der Waals surface area contributed by atoms with Crippen molar-refractivity contribution in [2.45, 2.75) is 33.1 Å². The molecular formula is C10H20N2O3S. The van der Waals surface area contributed by atoms with Gasteiger partial charge in [-0.2, -0.15) is 0 Å². The molecule has 1 heterocycles. The Morgan fingerprint density at radius 2 is 2.12 bits per heavy atom. The van der Waals surface area contributed by atoms with Gasteiger partial charge in [0.2, 0.25) is 15.9 Å². The van der Waals surface area contributed by atoms with Gasteiger partial charge in [0.25, 0.3) is 0 Å². The Bertz CT molecular complexity index is 345. The smallest absolute Gasteiger partial charge is 0.240 e. The molecule has 1 saturated heterocycles. The van der Waals surface area contributed by atoms with Crippen molar-refractivity contribution in [2.75, 3.05) is 18.8 Å². The topological polar surface area (TPSA) is 75.3 Å². The fourth-order valence-electron chi connectivity index (χ4n) is 2.06. The molecule has 1 aliphatic heterocycles. The Labute approximate surface area is 97.0 Å². The predicted octanol–water partition coefficient (Wildman–Crippen LogP) is 0.232. The fraction of sp³-hybridized carbons (Fsp3) is 0.900. The summed E-state index contributed by atoms with van der Waals surface area (Å²) < 4.78 is 24.9. The first-order valence-corrected chi connectivity index (χ1v) is 7.36. The maximum absolute atomic E-state index is 12.0. The quantitative estimate of drug-likeness (QED) is 0.730. The molecule has 1 rings (SSSR count). The van der Waals surface area contributed by atoms with Crippen molar-refractivity contribution in [1.29, 1.82) is 0 Å². The standard InChI is InChI=1S/C10H20N2O3S/c1-3-5-10(6-7-11-8-10)9(13)12-16(14,15)4-2/h11H,3-8H2,1-2H3,(H,12,13). The average Bonchev–Trinajstić information content (AvgIpc) is 2.68. The Morgan fingerprint density at radius 3 is 2.56 bits per heavy atom. The van der Waals surface area contributed by atoms with Crippen molar-refractivity contribution in [2.24, 2.45) is 5.41 Å². The summed E-state index contributed by atoms with van der Waals surface area (Å²) in [6.07, 6.45) is 2.32. The van der Waals surface area contributed by atoms with Gasteiger partial charge in [-0.1, -0.05) is 13.3 Å². The zero-order chi connectivity index (χ0) is 12.2. The molecule has 0 bridgehead atoms. The lowest BCUT2D eigenvalue weighted by Crippen LogP contribution is -2.45. The molecule has 1 unspecified atom stereocenters. The summed E-state index contributed by atoms with van der Waals surface area (Å²) in [5.41, 5.74) is -0.531. The lowest BCUT2D eigenvalue weighted by atomic mass is 9.82. The number of carbonyl (C=O) groups excluding carboxylic acids is 1. The van der Waals surface area contributed by atoms with Crippen LogP contribution in [0.2, 0.25) is 0 Å². The van der Waals surface area contributed by atoms with E-state index in [0.717, 1.165) is 19.4 Å². The molecule has 0 aliphatic carbocycles. The van der Waals surface area contributed by atoms with Crippen LogP contribution in [0.4, 0.5) is 0 Å². The summed E-state index contributed by atoms with van der Waals surface area (Å²) in [5.74, 6) is -0.407. The zero-order valence-electron chi connectivity index (χ0n) is 9.88. The van der Waals surface area contributed by atoms with Crippen molar-refractivity contribution in [3.8, 4) is 0 Å². The van der Waals surface area contributed by atoms with E-state index in [4.69, 9.17) is 0 Å². The fourth-order valence-corrected chi connectivity index (χ4v) is 2.71. The van der Waals surface area contributed by atoms with Gasteiger partial charge < -0.3 is 5.32 Å². The van der Waals surface area contributed by atoms with E-state index < -0.39 is 15.4 Å². The van der Waals surface area contributed by atoms with Crippen LogP contribution in [0, 0.1) is 5.41 Å². The predicted molar refractivity (Wildman–Crippen MR) is 62.4 cm³/mol. The first-order chi connectivity index (χ1) is 7.46. The van der Waals surface area contributed by atoms with Crippen molar-refractivity contribution >= 4 is 15.9 Å². The summed E-state index contributed by atoms with van der Waals surface area (Å²) in [6.45, 7) is 4.88. The number of carbonyl (C=O) groups is 1. The van der Waals surface area contributed by atoms with Crippen LogP contribution < -0.4 is 10.0 Å². The summed E-state index contributed by atoms with van der Waals surface area (Å²) in [4.78, 5) is 12.0. The van der Waals surface area contributed by atoms with E-state index in [2.05, 4.69) is 10.0 Å². The minimum Gasteiger partial charge on any atom is -0.316 e. The molecule has 0 radical (unpaired) electrons. The lowest BCUT2D eigenvalue weighted by Gasteiger charge is -2.25. The highest BCUT2D eigenvalue weighted by Gasteiger charge is 2.41. The summed E-state index contributed by atoms with van der Waals surface area (Å²) in [5, 5.41) is 3.13. The normalized spacial score (nSPS) is 25.6. The maximum atomic E-state index is 12.0. The van der Waals surface area contributed by atoms with Gasteiger partial charge in [0.1, 0.15) is 0 Å². The monoisotopic (exact) mass is 248 g/mol. The highest BCUT2D eigenvalue weighted by atomic mass is 32.2. The maximum Gasteiger partial charge on any atom is 0.240 e. The van der Waals surface area contributed by atoms with Gasteiger partial charge >= 0.3 is 0 Å². The summed E-state index contributed by atoms with van der Waals surface area (Å²) in [6, 6.07) is 0. The van der Waals surface area contributed by atoms with E-state index in [-0.39, 0.29) is 11.7 Å². The van der Waals surface area contributed by atoms with Gasteiger partial charge in [0.15, 0.2) is 0 Å². The van der Waals surface area contributed by atoms with Gasteiger partial charge in [-0.25, -0.2) is 8.42 Å². The minimum absolute atomic E-state index is 0.0611. The van der Waals surface area contributed by atoms with Crippen molar-refractivity contribution in [3.05, 3.63) is 0 Å². The molecule has 1 amide bonds. The average molecular weight is 248 g/mol. The van der Waals surface area contributed by atoms with Crippen LogP contribution in [0.1, 0.15) is 33.1 Å². The SMILES string of the molecule is CCCC1(C(=O)NS(=O)(=O)CC)CCNC1. The minimum atomic E-state index is -3.44. The molecule has 6 heteroatoms. The Hall–Kier alpha value is -0.620. The van der Waals surface area contributed by atoms with Crippen LogP contribution in [0.5, 0.6) is 0 Å². The van der Waals surface area contributed by atoms with Crippen LogP contribution in [0.25, 0.3) is 0 Å². The van der Waals surface area contributed by atoms with Gasteiger partial charge in [-0.3, -0.25) is 9.52 Å². The van der Waals surface area contributed by atoms with Gasteiger partial charge in [-0.15, -0.1) is 0 Å². The molecule has 0 aromatic heterocycles. The van der Waals surface area contributed by atoms with Crippen molar-refractivity contribution in [1.82, 2.24) is 10.0 Å².